The molecule has 1 unspecified atom stereocenters. The summed E-state index contributed by atoms with van der Waals surface area (Å²) < 4.78 is 6.99. The molecule has 0 fully saturated rings. The zero-order chi connectivity index (χ0) is 19.7. The molecule has 0 saturated heterocycles. The van der Waals surface area contributed by atoms with E-state index < -0.39 is 6.10 Å². The monoisotopic (exact) mass is 378 g/mol. The topological polar surface area (TPSA) is 92.7 Å². The van der Waals surface area contributed by atoms with Crippen LogP contribution in [0.25, 0.3) is 16.6 Å². The van der Waals surface area contributed by atoms with Crippen LogP contribution in [-0.4, -0.2) is 32.2 Å². The Balaban J connectivity index is 1.47. The quantitative estimate of drug-likeness (QED) is 0.538. The third kappa shape index (κ3) is 3.36. The highest BCUT2D eigenvalue weighted by Gasteiger charge is 2.16. The van der Waals surface area contributed by atoms with Crippen LogP contribution in [0.4, 0.5) is 0 Å². The molecule has 0 radical (unpaired) electrons. The third-order valence-corrected chi connectivity index (χ3v) is 4.98. The summed E-state index contributed by atoms with van der Waals surface area (Å²) in [7, 11) is 0. The summed E-state index contributed by atoms with van der Waals surface area (Å²) in [5.41, 5.74) is 4.64. The van der Waals surface area contributed by atoms with Crippen molar-refractivity contribution in [3.63, 3.8) is 0 Å². The van der Waals surface area contributed by atoms with Gasteiger partial charge in [0.1, 0.15) is 11.9 Å². The fourth-order valence-corrected chi connectivity index (χ4v) is 3.46. The maximum absolute atomic E-state index is 12.2. The zero-order valence-electron chi connectivity index (χ0n) is 15.8. The van der Waals surface area contributed by atoms with Crippen molar-refractivity contribution in [1.29, 1.82) is 0 Å². The van der Waals surface area contributed by atoms with Gasteiger partial charge in [-0.3, -0.25) is 4.79 Å². The minimum atomic E-state index is -0.850. The number of aliphatic hydroxyl groups excluding tert-OH is 1. The number of amides is 1. The normalized spacial score (nSPS) is 12.5. The van der Waals surface area contributed by atoms with Crippen molar-refractivity contribution >= 4 is 22.5 Å². The number of benzene rings is 1. The predicted octanol–water partition coefficient (Wildman–Crippen LogP) is 2.87. The smallest absolute Gasteiger partial charge is 0.220 e. The van der Waals surface area contributed by atoms with Crippen LogP contribution in [0, 0.1) is 13.8 Å². The fourth-order valence-electron chi connectivity index (χ4n) is 3.46. The maximum atomic E-state index is 12.2. The molecule has 3 heterocycles. The van der Waals surface area contributed by atoms with Gasteiger partial charge in [-0.05, 0) is 50.1 Å². The third-order valence-electron chi connectivity index (χ3n) is 4.98. The lowest BCUT2D eigenvalue weighted by Crippen LogP contribution is -2.28. The van der Waals surface area contributed by atoms with Crippen LogP contribution in [0.15, 0.2) is 47.1 Å². The fraction of sp³-hybridized carbons (Fsp3) is 0.286. The molecule has 144 valence electrons. The lowest BCUT2D eigenvalue weighted by Gasteiger charge is -2.12. The van der Waals surface area contributed by atoms with Gasteiger partial charge in [0.15, 0.2) is 5.65 Å². The van der Waals surface area contributed by atoms with Crippen LogP contribution in [0.3, 0.4) is 0 Å². The Kier molecular flexibility index (Phi) is 4.83. The molecule has 1 aromatic carbocycles. The van der Waals surface area contributed by atoms with E-state index in [-0.39, 0.29) is 12.5 Å². The molecule has 28 heavy (non-hydrogen) atoms. The van der Waals surface area contributed by atoms with Gasteiger partial charge in [-0.25, -0.2) is 9.50 Å². The minimum Gasteiger partial charge on any atom is -0.467 e. The number of aromatic nitrogens is 3. The van der Waals surface area contributed by atoms with Crippen LogP contribution in [0.1, 0.15) is 35.2 Å². The largest absolute Gasteiger partial charge is 0.467 e. The predicted molar refractivity (Wildman–Crippen MR) is 105 cm³/mol. The van der Waals surface area contributed by atoms with Gasteiger partial charge in [0.05, 0.1) is 18.3 Å². The number of carbonyl (C=O) groups is 1. The number of nitrogens with zero attached hydrogens (tertiary/aromatic N) is 3. The first kappa shape index (κ1) is 18.2. The lowest BCUT2D eigenvalue weighted by atomic mass is 10.1. The first-order chi connectivity index (χ1) is 13.5. The Labute approximate surface area is 162 Å². The first-order valence-corrected chi connectivity index (χ1v) is 9.26. The van der Waals surface area contributed by atoms with Gasteiger partial charge in [-0.2, -0.15) is 5.10 Å². The average Bonchev–Trinajstić information content (AvgIpc) is 3.34. The maximum Gasteiger partial charge on any atom is 0.220 e. The number of fused-ring (bicyclic) bond motifs is 3. The van der Waals surface area contributed by atoms with E-state index >= 15 is 0 Å². The van der Waals surface area contributed by atoms with Gasteiger partial charge in [0.2, 0.25) is 5.91 Å². The number of furan rings is 1. The summed E-state index contributed by atoms with van der Waals surface area (Å²) in [6.45, 7) is 4.08. The Hall–Kier alpha value is -3.19. The number of aryl methyl sites for hydroxylation is 2. The van der Waals surface area contributed by atoms with Crippen molar-refractivity contribution in [1.82, 2.24) is 19.9 Å². The van der Waals surface area contributed by atoms with Gasteiger partial charge in [0, 0.05) is 23.2 Å². The molecule has 0 aliphatic heterocycles. The number of hydrogen-bond acceptors (Lipinski definition) is 5. The summed E-state index contributed by atoms with van der Waals surface area (Å²) in [4.78, 5) is 16.9. The van der Waals surface area contributed by atoms with Crippen LogP contribution in [0.5, 0.6) is 0 Å². The van der Waals surface area contributed by atoms with Crippen molar-refractivity contribution < 1.29 is 14.3 Å². The van der Waals surface area contributed by atoms with Crippen molar-refractivity contribution in [2.75, 3.05) is 6.54 Å². The van der Waals surface area contributed by atoms with Crippen LogP contribution in [-0.2, 0) is 11.2 Å². The number of hydrogen-bond donors (Lipinski definition) is 2. The van der Waals surface area contributed by atoms with E-state index in [0.717, 1.165) is 33.5 Å². The Morgan fingerprint density at radius 1 is 1.25 bits per heavy atom. The van der Waals surface area contributed by atoms with Crippen molar-refractivity contribution in [2.45, 2.75) is 32.8 Å². The number of aliphatic hydroxyl groups is 1. The van der Waals surface area contributed by atoms with Crippen LogP contribution in [0.2, 0.25) is 0 Å². The number of rotatable bonds is 6. The first-order valence-electron chi connectivity index (χ1n) is 9.26. The molecular formula is C21H22N4O3. The molecule has 7 nitrogen and oxygen atoms in total. The molecule has 7 heteroatoms. The molecule has 1 atom stereocenters. The molecule has 3 aromatic heterocycles. The molecular weight excluding hydrogens is 356 g/mol. The van der Waals surface area contributed by atoms with Gasteiger partial charge < -0.3 is 14.8 Å². The molecule has 0 spiro atoms. The number of carbonyl (C=O) groups excluding carboxylic acids is 1. The summed E-state index contributed by atoms with van der Waals surface area (Å²) >= 11 is 0. The Morgan fingerprint density at radius 2 is 2.07 bits per heavy atom. The Bertz CT molecular complexity index is 1130. The molecule has 0 aliphatic rings. The second-order valence-electron chi connectivity index (χ2n) is 6.85. The highest BCUT2D eigenvalue weighted by Crippen LogP contribution is 2.23. The highest BCUT2D eigenvalue weighted by molar-refractivity contribution is 5.92. The SMILES string of the molecule is Cc1nc2c3ccccc3nn2c(C)c1CCC(=O)NCC(O)c1ccco1. The lowest BCUT2D eigenvalue weighted by molar-refractivity contribution is -0.121. The summed E-state index contributed by atoms with van der Waals surface area (Å²) in [6, 6.07) is 11.3. The molecule has 0 saturated carbocycles. The Morgan fingerprint density at radius 3 is 2.86 bits per heavy atom. The van der Waals surface area contributed by atoms with E-state index in [1.54, 1.807) is 12.1 Å². The summed E-state index contributed by atoms with van der Waals surface area (Å²) in [5.74, 6) is 0.308. The summed E-state index contributed by atoms with van der Waals surface area (Å²) in [6.07, 6.45) is 1.50. The van der Waals surface area contributed by atoms with E-state index in [1.807, 2.05) is 42.6 Å². The van der Waals surface area contributed by atoms with Crippen molar-refractivity contribution in [2.24, 2.45) is 0 Å². The van der Waals surface area contributed by atoms with E-state index in [9.17, 15) is 9.90 Å². The van der Waals surface area contributed by atoms with Crippen LogP contribution < -0.4 is 5.32 Å². The second-order valence-corrected chi connectivity index (χ2v) is 6.85. The minimum absolute atomic E-state index is 0.117. The summed E-state index contributed by atoms with van der Waals surface area (Å²) in [5, 5.41) is 18.4. The average molecular weight is 378 g/mol. The van der Waals surface area contributed by atoms with Gasteiger partial charge >= 0.3 is 0 Å². The van der Waals surface area contributed by atoms with Crippen molar-refractivity contribution in [3.8, 4) is 0 Å². The molecule has 0 bridgehead atoms. The molecule has 4 aromatic rings. The van der Waals surface area contributed by atoms with Gasteiger partial charge in [-0.1, -0.05) is 12.1 Å². The van der Waals surface area contributed by atoms with E-state index in [1.165, 1.54) is 6.26 Å². The number of nitrogens with one attached hydrogen (secondary N) is 1. The van der Waals surface area contributed by atoms with Gasteiger partial charge in [-0.15, -0.1) is 0 Å². The highest BCUT2D eigenvalue weighted by atomic mass is 16.4. The van der Waals surface area contributed by atoms with E-state index in [2.05, 4.69) is 10.4 Å². The molecule has 2 N–H and O–H groups in total. The molecule has 0 aliphatic carbocycles. The van der Waals surface area contributed by atoms with Crippen molar-refractivity contribution in [3.05, 3.63) is 65.4 Å². The second kappa shape index (κ2) is 7.44. The van der Waals surface area contributed by atoms with E-state index in [0.29, 0.717) is 18.6 Å². The van der Waals surface area contributed by atoms with E-state index in [4.69, 9.17) is 9.40 Å². The van der Waals surface area contributed by atoms with Gasteiger partial charge in [0.25, 0.3) is 0 Å². The molecule has 4 rings (SSSR count). The van der Waals surface area contributed by atoms with Crippen LogP contribution >= 0.6 is 0 Å². The molecule has 1 amide bonds. The standard InChI is InChI=1S/C21H22N4O3/c1-13-15(9-10-20(27)22-12-18(26)19-8-5-11-28-19)14(2)25-21(23-13)16-6-3-4-7-17(16)24-25/h3-8,11,18,26H,9-10,12H2,1-2H3,(H,22,27). The zero-order valence-corrected chi connectivity index (χ0v) is 15.8.